The van der Waals surface area contributed by atoms with E-state index in [9.17, 15) is 4.79 Å². The third-order valence-corrected chi connectivity index (χ3v) is 6.30. The van der Waals surface area contributed by atoms with Gasteiger partial charge in [0.1, 0.15) is 5.82 Å². The molecule has 34 heavy (non-hydrogen) atoms. The fourth-order valence-corrected chi connectivity index (χ4v) is 4.53. The molecule has 3 aromatic rings. The van der Waals surface area contributed by atoms with E-state index in [0.29, 0.717) is 6.42 Å². The van der Waals surface area contributed by atoms with Gasteiger partial charge in [0.05, 0.1) is 0 Å². The van der Waals surface area contributed by atoms with Gasteiger partial charge in [0.25, 0.3) is 0 Å². The molecule has 0 saturated carbocycles. The first-order chi connectivity index (χ1) is 16.2. The molecule has 178 valence electrons. The molecule has 1 aliphatic rings. The normalized spacial score (nSPS) is 14.4. The Hall–Kier alpha value is -3.21. The van der Waals surface area contributed by atoms with Crippen LogP contribution in [-0.4, -0.2) is 47.0 Å². The van der Waals surface area contributed by atoms with Crippen molar-refractivity contribution in [1.29, 1.82) is 0 Å². The Morgan fingerprint density at radius 1 is 0.912 bits per heavy atom. The van der Waals surface area contributed by atoms with Crippen LogP contribution < -0.4 is 4.90 Å². The molecule has 5 nitrogen and oxygen atoms in total. The minimum atomic E-state index is 0.00353. The summed E-state index contributed by atoms with van der Waals surface area (Å²) in [5.74, 6) is 2.00. The van der Waals surface area contributed by atoms with Crippen molar-refractivity contribution in [2.75, 3.05) is 31.1 Å². The summed E-state index contributed by atoms with van der Waals surface area (Å²) in [7, 11) is 0. The lowest BCUT2D eigenvalue weighted by molar-refractivity contribution is -0.133. The van der Waals surface area contributed by atoms with Gasteiger partial charge in [-0.3, -0.25) is 4.79 Å². The van der Waals surface area contributed by atoms with Gasteiger partial charge in [-0.1, -0.05) is 80.9 Å². The number of anilines is 1. The average Bonchev–Trinajstić information content (AvgIpc) is 2.80. The summed E-state index contributed by atoms with van der Waals surface area (Å²) in [6.45, 7) is 13.6. The van der Waals surface area contributed by atoms with Crippen molar-refractivity contribution in [3.8, 4) is 11.4 Å². The number of carbonyl (C=O) groups is 1. The predicted octanol–water partition coefficient (Wildman–Crippen LogP) is 5.44. The maximum atomic E-state index is 12.8. The van der Waals surface area contributed by atoms with E-state index in [0.717, 1.165) is 55.5 Å². The molecular weight excluding hydrogens is 420 g/mol. The number of hydrogen-bond donors (Lipinski definition) is 0. The Morgan fingerprint density at radius 3 is 2.26 bits per heavy atom. The summed E-state index contributed by atoms with van der Waals surface area (Å²) in [5, 5.41) is 0. The van der Waals surface area contributed by atoms with Crippen LogP contribution in [0, 0.1) is 19.3 Å². The molecule has 0 bridgehead atoms. The first kappa shape index (κ1) is 23.9. The zero-order valence-electron chi connectivity index (χ0n) is 21.1. The number of nitrogens with zero attached hydrogens (tertiary/aromatic N) is 4. The molecule has 2 heterocycles. The number of piperazine rings is 1. The minimum Gasteiger partial charge on any atom is -0.353 e. The second-order valence-corrected chi connectivity index (χ2v) is 10.6. The molecule has 1 fully saturated rings. The summed E-state index contributed by atoms with van der Waals surface area (Å²) in [5.41, 5.74) is 5.72. The van der Waals surface area contributed by atoms with Crippen LogP contribution in [0.2, 0.25) is 0 Å². The van der Waals surface area contributed by atoms with Crippen LogP contribution >= 0.6 is 0 Å². The highest BCUT2D eigenvalue weighted by molar-refractivity contribution is 5.77. The smallest absolute Gasteiger partial charge is 0.223 e. The topological polar surface area (TPSA) is 49.3 Å². The molecule has 1 saturated heterocycles. The molecule has 2 aromatic carbocycles. The number of benzene rings is 2. The molecule has 0 spiro atoms. The largest absolute Gasteiger partial charge is 0.353 e. The molecule has 0 N–H and O–H groups in total. The van der Waals surface area contributed by atoms with Crippen molar-refractivity contribution in [2.24, 2.45) is 5.41 Å². The Kier molecular flexibility index (Phi) is 7.01. The summed E-state index contributed by atoms with van der Waals surface area (Å²) >= 11 is 0. The molecule has 0 aliphatic carbocycles. The number of rotatable bonds is 5. The van der Waals surface area contributed by atoms with Crippen LogP contribution in [0.1, 0.15) is 49.6 Å². The van der Waals surface area contributed by atoms with E-state index in [1.807, 2.05) is 23.1 Å². The highest BCUT2D eigenvalue weighted by Crippen LogP contribution is 2.29. The zero-order valence-corrected chi connectivity index (χ0v) is 21.1. The van der Waals surface area contributed by atoms with Gasteiger partial charge in [0, 0.05) is 55.8 Å². The second kappa shape index (κ2) is 9.96. The third kappa shape index (κ3) is 5.82. The first-order valence-electron chi connectivity index (χ1n) is 12.2. The summed E-state index contributed by atoms with van der Waals surface area (Å²) in [6, 6.07) is 18.8. The average molecular weight is 457 g/mol. The Bertz CT molecular complexity index is 1140. The first-order valence-corrected chi connectivity index (χ1v) is 12.2. The van der Waals surface area contributed by atoms with Crippen molar-refractivity contribution in [3.05, 3.63) is 77.0 Å². The van der Waals surface area contributed by atoms with Crippen LogP contribution in [0.4, 0.5) is 5.82 Å². The van der Waals surface area contributed by atoms with Crippen LogP contribution in [0.5, 0.6) is 0 Å². The van der Waals surface area contributed by atoms with Gasteiger partial charge in [0.15, 0.2) is 5.82 Å². The minimum absolute atomic E-state index is 0.00353. The van der Waals surface area contributed by atoms with Crippen LogP contribution in [0.25, 0.3) is 11.4 Å². The lowest BCUT2D eigenvalue weighted by Gasteiger charge is -2.37. The van der Waals surface area contributed by atoms with Crippen molar-refractivity contribution < 1.29 is 4.79 Å². The molecule has 1 aliphatic heterocycles. The van der Waals surface area contributed by atoms with Gasteiger partial charge in [-0.15, -0.1) is 0 Å². The van der Waals surface area contributed by atoms with E-state index < -0.39 is 0 Å². The van der Waals surface area contributed by atoms with Gasteiger partial charge in [-0.05, 0) is 24.8 Å². The number of carbonyl (C=O) groups excluding carboxylic acids is 1. The van der Waals surface area contributed by atoms with Crippen molar-refractivity contribution in [1.82, 2.24) is 14.9 Å². The molecule has 1 aromatic heterocycles. The summed E-state index contributed by atoms with van der Waals surface area (Å²) in [4.78, 5) is 27.1. The second-order valence-electron chi connectivity index (χ2n) is 10.6. The predicted molar refractivity (Wildman–Crippen MR) is 139 cm³/mol. The van der Waals surface area contributed by atoms with E-state index in [4.69, 9.17) is 9.97 Å². The fourth-order valence-electron chi connectivity index (χ4n) is 4.53. The Morgan fingerprint density at radius 2 is 1.62 bits per heavy atom. The standard InChI is InChI=1S/C29H36N4O/c1-21-10-9-11-23(18-21)19-25-22(2)30-27(24-12-7-6-8-13-24)31-28(25)33-16-14-32(15-17-33)26(34)20-29(3,4)5/h6-13,18H,14-17,19-20H2,1-5H3. The zero-order chi connectivity index (χ0) is 24.3. The van der Waals surface area contributed by atoms with Gasteiger partial charge in [-0.25, -0.2) is 9.97 Å². The van der Waals surface area contributed by atoms with Crippen molar-refractivity contribution >= 4 is 11.7 Å². The third-order valence-electron chi connectivity index (χ3n) is 6.30. The fraction of sp³-hybridized carbons (Fsp3) is 0.414. The highest BCUT2D eigenvalue weighted by atomic mass is 16.2. The van der Waals surface area contributed by atoms with Crippen molar-refractivity contribution in [3.63, 3.8) is 0 Å². The van der Waals surface area contributed by atoms with E-state index in [2.05, 4.69) is 75.9 Å². The van der Waals surface area contributed by atoms with Crippen LogP contribution in [0.15, 0.2) is 54.6 Å². The molecular formula is C29H36N4O. The molecule has 5 heteroatoms. The summed E-state index contributed by atoms with van der Waals surface area (Å²) in [6.07, 6.45) is 1.37. The van der Waals surface area contributed by atoms with Gasteiger partial charge >= 0.3 is 0 Å². The maximum Gasteiger partial charge on any atom is 0.223 e. The van der Waals surface area contributed by atoms with Gasteiger partial charge in [0.2, 0.25) is 5.91 Å². The number of amides is 1. The van der Waals surface area contributed by atoms with Crippen molar-refractivity contribution in [2.45, 2.75) is 47.5 Å². The molecule has 0 atom stereocenters. The van der Waals surface area contributed by atoms with Gasteiger partial charge < -0.3 is 9.80 Å². The summed E-state index contributed by atoms with van der Waals surface area (Å²) < 4.78 is 0. The Labute approximate surface area is 203 Å². The molecule has 4 rings (SSSR count). The quantitative estimate of drug-likeness (QED) is 0.513. The van der Waals surface area contributed by atoms with Gasteiger partial charge in [-0.2, -0.15) is 0 Å². The maximum absolute atomic E-state index is 12.8. The van der Waals surface area contributed by atoms with E-state index in [-0.39, 0.29) is 11.3 Å². The molecule has 0 radical (unpaired) electrons. The lowest BCUT2D eigenvalue weighted by Crippen LogP contribution is -2.50. The number of aryl methyl sites for hydroxylation is 2. The number of hydrogen-bond acceptors (Lipinski definition) is 4. The lowest BCUT2D eigenvalue weighted by atomic mass is 9.91. The Balaban J connectivity index is 1.64. The SMILES string of the molecule is Cc1cccc(Cc2c(C)nc(-c3ccccc3)nc2N2CCN(C(=O)CC(C)(C)C)CC2)c1. The monoisotopic (exact) mass is 456 g/mol. The van der Waals surface area contributed by atoms with E-state index in [1.165, 1.54) is 16.7 Å². The molecule has 1 amide bonds. The van der Waals surface area contributed by atoms with E-state index in [1.54, 1.807) is 0 Å². The number of aromatic nitrogens is 2. The van der Waals surface area contributed by atoms with E-state index >= 15 is 0 Å². The molecule has 0 unspecified atom stereocenters. The van der Waals surface area contributed by atoms with Crippen LogP contribution in [-0.2, 0) is 11.2 Å². The van der Waals surface area contributed by atoms with Crippen LogP contribution in [0.3, 0.4) is 0 Å². The highest BCUT2D eigenvalue weighted by Gasteiger charge is 2.27.